The summed E-state index contributed by atoms with van der Waals surface area (Å²) in [7, 11) is 0. The number of rotatable bonds is 8. The highest BCUT2D eigenvalue weighted by molar-refractivity contribution is 5.91. The van der Waals surface area contributed by atoms with Crippen molar-refractivity contribution in [1.82, 2.24) is 0 Å². The molecule has 1 unspecified atom stereocenters. The number of phenols is 1. The maximum Gasteiger partial charge on any atom is 0.339 e. The lowest BCUT2D eigenvalue weighted by Crippen LogP contribution is -2.06. The van der Waals surface area contributed by atoms with Crippen molar-refractivity contribution in [2.75, 3.05) is 6.61 Å². The minimum atomic E-state index is -1.14. The molecule has 122 valence electrons. The van der Waals surface area contributed by atoms with E-state index in [1.54, 1.807) is 6.92 Å². The van der Waals surface area contributed by atoms with Crippen molar-refractivity contribution in [2.45, 2.75) is 47.0 Å². The fourth-order valence-corrected chi connectivity index (χ4v) is 2.18. The van der Waals surface area contributed by atoms with Crippen LogP contribution in [0.1, 0.15) is 56.0 Å². The summed E-state index contributed by atoms with van der Waals surface area (Å²) < 4.78 is 5.68. The zero-order chi connectivity index (χ0) is 16.7. The normalized spacial score (nSPS) is 11.8. The number of aromatic hydroxyl groups is 1. The van der Waals surface area contributed by atoms with Crippen molar-refractivity contribution in [3.05, 3.63) is 34.9 Å². The van der Waals surface area contributed by atoms with Crippen molar-refractivity contribution in [1.29, 1.82) is 0 Å². The maximum atomic E-state index is 10.9. The molecule has 1 atom stereocenters. The molecular weight excluding hydrogens is 280 g/mol. The largest absolute Gasteiger partial charge is 0.507 e. The number of aryl methyl sites for hydroxylation is 1. The second-order valence-corrected chi connectivity index (χ2v) is 6.04. The van der Waals surface area contributed by atoms with Gasteiger partial charge in [0.1, 0.15) is 17.1 Å². The Morgan fingerprint density at radius 2 is 2.00 bits per heavy atom. The molecule has 22 heavy (non-hydrogen) atoms. The standard InChI is InChI=1S/C18H26O4/c1-12(2)6-5-7-13(3)8-9-22-17-11-16(19)15(18(20)21)10-14(17)4/h6,10-11,13,19H,5,7-9H2,1-4H3,(H,20,21). The van der Waals surface area contributed by atoms with Crippen molar-refractivity contribution < 1.29 is 19.7 Å². The van der Waals surface area contributed by atoms with Crippen LogP contribution in [0.2, 0.25) is 0 Å². The molecule has 0 saturated carbocycles. The molecule has 0 aliphatic heterocycles. The summed E-state index contributed by atoms with van der Waals surface area (Å²) in [5.41, 5.74) is 1.96. The van der Waals surface area contributed by atoms with E-state index in [4.69, 9.17) is 9.84 Å². The lowest BCUT2D eigenvalue weighted by Gasteiger charge is -2.14. The molecule has 0 fully saturated rings. The molecule has 4 nitrogen and oxygen atoms in total. The molecule has 0 heterocycles. The lowest BCUT2D eigenvalue weighted by molar-refractivity contribution is 0.0693. The fraction of sp³-hybridized carbons (Fsp3) is 0.500. The predicted molar refractivity (Wildman–Crippen MR) is 87.7 cm³/mol. The van der Waals surface area contributed by atoms with E-state index in [1.807, 2.05) is 0 Å². The van der Waals surface area contributed by atoms with E-state index in [0.29, 0.717) is 23.8 Å². The number of hydrogen-bond donors (Lipinski definition) is 2. The lowest BCUT2D eigenvalue weighted by atomic mass is 10.0. The predicted octanol–water partition coefficient (Wildman–Crippen LogP) is 4.55. The molecule has 1 rings (SSSR count). The van der Waals surface area contributed by atoms with Gasteiger partial charge in [-0.2, -0.15) is 0 Å². The minimum absolute atomic E-state index is 0.0973. The van der Waals surface area contributed by atoms with Crippen LogP contribution in [0, 0.1) is 12.8 Å². The fourth-order valence-electron chi connectivity index (χ4n) is 2.18. The third-order valence-corrected chi connectivity index (χ3v) is 3.60. The van der Waals surface area contributed by atoms with Crippen LogP contribution in [0.3, 0.4) is 0 Å². The van der Waals surface area contributed by atoms with Gasteiger partial charge in [0.15, 0.2) is 0 Å². The average Bonchev–Trinajstić information content (AvgIpc) is 2.41. The van der Waals surface area contributed by atoms with Crippen LogP contribution in [0.5, 0.6) is 11.5 Å². The highest BCUT2D eigenvalue weighted by Gasteiger charge is 2.13. The zero-order valence-electron chi connectivity index (χ0n) is 13.8. The Morgan fingerprint density at radius 1 is 1.32 bits per heavy atom. The van der Waals surface area contributed by atoms with Crippen LogP contribution in [-0.2, 0) is 0 Å². The maximum absolute atomic E-state index is 10.9. The summed E-state index contributed by atoms with van der Waals surface area (Å²) in [6.45, 7) is 8.73. The number of carboxylic acids is 1. The molecule has 1 aromatic carbocycles. The van der Waals surface area contributed by atoms with Gasteiger partial charge in [0.25, 0.3) is 0 Å². The van der Waals surface area contributed by atoms with Crippen LogP contribution in [0.4, 0.5) is 0 Å². The third-order valence-electron chi connectivity index (χ3n) is 3.60. The van der Waals surface area contributed by atoms with Gasteiger partial charge in [0, 0.05) is 6.07 Å². The first-order chi connectivity index (χ1) is 10.3. The quantitative estimate of drug-likeness (QED) is 0.691. The van der Waals surface area contributed by atoms with Gasteiger partial charge in [-0.1, -0.05) is 18.6 Å². The van der Waals surface area contributed by atoms with Crippen LogP contribution < -0.4 is 4.74 Å². The van der Waals surface area contributed by atoms with Gasteiger partial charge >= 0.3 is 5.97 Å². The SMILES string of the molecule is CC(C)=CCCC(C)CCOc1cc(O)c(C(=O)O)cc1C. The second-order valence-electron chi connectivity index (χ2n) is 6.04. The van der Waals surface area contributed by atoms with Crippen molar-refractivity contribution >= 4 is 5.97 Å². The van der Waals surface area contributed by atoms with Crippen LogP contribution in [-0.4, -0.2) is 22.8 Å². The number of carbonyl (C=O) groups is 1. The molecule has 1 aromatic rings. The van der Waals surface area contributed by atoms with E-state index in [2.05, 4.69) is 26.8 Å². The number of benzene rings is 1. The molecule has 0 saturated heterocycles. The number of hydrogen-bond acceptors (Lipinski definition) is 3. The molecule has 0 radical (unpaired) electrons. The summed E-state index contributed by atoms with van der Waals surface area (Å²) in [4.78, 5) is 10.9. The van der Waals surface area contributed by atoms with Gasteiger partial charge < -0.3 is 14.9 Å². The number of ether oxygens (including phenoxy) is 1. The molecule has 0 aliphatic rings. The van der Waals surface area contributed by atoms with Crippen molar-refractivity contribution in [3.63, 3.8) is 0 Å². The molecule has 0 aliphatic carbocycles. The van der Waals surface area contributed by atoms with Crippen LogP contribution >= 0.6 is 0 Å². The average molecular weight is 306 g/mol. The van der Waals surface area contributed by atoms with Crippen LogP contribution in [0.15, 0.2) is 23.8 Å². The van der Waals surface area contributed by atoms with Gasteiger partial charge in [-0.3, -0.25) is 0 Å². The molecule has 0 aromatic heterocycles. The zero-order valence-corrected chi connectivity index (χ0v) is 13.8. The Balaban J connectivity index is 2.50. The highest BCUT2D eigenvalue weighted by Crippen LogP contribution is 2.28. The summed E-state index contributed by atoms with van der Waals surface area (Å²) in [5.74, 6) is -0.299. The first-order valence-corrected chi connectivity index (χ1v) is 7.64. The van der Waals surface area contributed by atoms with Crippen LogP contribution in [0.25, 0.3) is 0 Å². The number of carboxylic acid groups (broad SMARTS) is 1. The Kier molecular flexibility index (Phi) is 6.96. The van der Waals surface area contributed by atoms with E-state index in [1.165, 1.54) is 17.7 Å². The topological polar surface area (TPSA) is 66.8 Å². The van der Waals surface area contributed by atoms with Gasteiger partial charge in [-0.15, -0.1) is 0 Å². The number of allylic oxidation sites excluding steroid dienone is 2. The first kappa shape index (κ1) is 18.1. The Labute approximate surface area is 132 Å². The minimum Gasteiger partial charge on any atom is -0.507 e. The van der Waals surface area contributed by atoms with Gasteiger partial charge in [-0.25, -0.2) is 4.79 Å². The van der Waals surface area contributed by atoms with E-state index in [9.17, 15) is 9.90 Å². The monoisotopic (exact) mass is 306 g/mol. The smallest absolute Gasteiger partial charge is 0.339 e. The third kappa shape index (κ3) is 5.80. The van der Waals surface area contributed by atoms with E-state index >= 15 is 0 Å². The van der Waals surface area contributed by atoms with Gasteiger partial charge in [0.2, 0.25) is 0 Å². The Hall–Kier alpha value is -1.97. The van der Waals surface area contributed by atoms with Gasteiger partial charge in [0.05, 0.1) is 6.61 Å². The molecule has 0 spiro atoms. The molecule has 0 bridgehead atoms. The van der Waals surface area contributed by atoms with E-state index < -0.39 is 5.97 Å². The van der Waals surface area contributed by atoms with E-state index in [0.717, 1.165) is 19.3 Å². The molecule has 0 amide bonds. The Bertz CT molecular complexity index is 542. The summed E-state index contributed by atoms with van der Waals surface area (Å²) >= 11 is 0. The molecule has 2 N–H and O–H groups in total. The first-order valence-electron chi connectivity index (χ1n) is 7.64. The summed E-state index contributed by atoms with van der Waals surface area (Å²) in [6, 6.07) is 2.82. The molecular formula is C18H26O4. The second kappa shape index (κ2) is 8.47. The summed E-state index contributed by atoms with van der Waals surface area (Å²) in [6.07, 6.45) is 5.37. The summed E-state index contributed by atoms with van der Waals surface area (Å²) in [5, 5.41) is 18.6. The number of aromatic carboxylic acids is 1. The molecule has 4 heteroatoms. The van der Waals surface area contributed by atoms with Crippen molar-refractivity contribution in [2.24, 2.45) is 5.92 Å². The van der Waals surface area contributed by atoms with Gasteiger partial charge in [-0.05, 0) is 57.6 Å². The van der Waals surface area contributed by atoms with Crippen molar-refractivity contribution in [3.8, 4) is 11.5 Å². The van der Waals surface area contributed by atoms with E-state index in [-0.39, 0.29) is 11.3 Å². The Morgan fingerprint density at radius 3 is 2.59 bits per heavy atom. The highest BCUT2D eigenvalue weighted by atomic mass is 16.5.